The van der Waals surface area contributed by atoms with E-state index in [-0.39, 0.29) is 11.3 Å². The van der Waals surface area contributed by atoms with Crippen LogP contribution in [-0.4, -0.2) is 25.3 Å². The second-order valence-corrected chi connectivity index (χ2v) is 3.84. The van der Waals surface area contributed by atoms with Crippen LogP contribution in [0.25, 0.3) is 5.57 Å². The largest absolute Gasteiger partial charge is 0.511 e. The Balaban J connectivity index is 2.56. The molecule has 0 radical (unpaired) electrons. The Morgan fingerprint density at radius 3 is 2.71 bits per heavy atom. The van der Waals surface area contributed by atoms with E-state index < -0.39 is 5.97 Å². The molecule has 0 amide bonds. The van der Waals surface area contributed by atoms with Gasteiger partial charge in [-0.15, -0.1) is 0 Å². The van der Waals surface area contributed by atoms with Crippen molar-refractivity contribution in [3.63, 3.8) is 0 Å². The number of fused-ring (bicyclic) bond motifs is 1. The van der Waals surface area contributed by atoms with E-state index >= 15 is 0 Å². The smallest absolute Gasteiger partial charge is 0.341 e. The van der Waals surface area contributed by atoms with Crippen LogP contribution in [0.5, 0.6) is 5.75 Å². The highest BCUT2D eigenvalue weighted by molar-refractivity contribution is 6.18. The van der Waals surface area contributed by atoms with E-state index in [4.69, 9.17) is 9.47 Å². The molecular formula is C13H14O4. The summed E-state index contributed by atoms with van der Waals surface area (Å²) in [6.45, 7) is 0. The molecule has 4 heteroatoms. The number of aliphatic hydroxyl groups is 1. The quantitative estimate of drug-likeness (QED) is 0.796. The highest BCUT2D eigenvalue weighted by atomic mass is 16.5. The Morgan fingerprint density at radius 2 is 2.06 bits per heavy atom. The number of aryl methyl sites for hydroxylation is 1. The van der Waals surface area contributed by atoms with Crippen LogP contribution in [0.2, 0.25) is 0 Å². The summed E-state index contributed by atoms with van der Waals surface area (Å²) in [4.78, 5) is 11.7. The molecule has 4 nitrogen and oxygen atoms in total. The number of hydrogen-bond acceptors (Lipinski definition) is 4. The fourth-order valence-electron chi connectivity index (χ4n) is 2.00. The molecule has 0 aliphatic heterocycles. The lowest BCUT2D eigenvalue weighted by Crippen LogP contribution is -2.13. The minimum Gasteiger partial charge on any atom is -0.511 e. The molecule has 1 aliphatic carbocycles. The lowest BCUT2D eigenvalue weighted by atomic mass is 9.89. The van der Waals surface area contributed by atoms with Gasteiger partial charge in [-0.1, -0.05) is 6.07 Å². The van der Waals surface area contributed by atoms with Crippen molar-refractivity contribution in [1.82, 2.24) is 0 Å². The molecule has 0 atom stereocenters. The summed E-state index contributed by atoms with van der Waals surface area (Å²) in [6.07, 6.45) is 1.18. The summed E-state index contributed by atoms with van der Waals surface area (Å²) in [7, 11) is 2.86. The van der Waals surface area contributed by atoms with E-state index in [0.29, 0.717) is 24.2 Å². The molecular weight excluding hydrogens is 220 g/mol. The maximum Gasteiger partial charge on any atom is 0.341 e. The van der Waals surface area contributed by atoms with Crippen molar-refractivity contribution in [2.24, 2.45) is 0 Å². The van der Waals surface area contributed by atoms with Crippen molar-refractivity contribution in [2.45, 2.75) is 12.8 Å². The standard InChI is InChI=1S/C13H14O4/c1-16-9-5-3-8-4-6-11(14)12(10(8)7-9)13(15)17-2/h3,5,7,14H,4,6H2,1-2H3. The van der Waals surface area contributed by atoms with Gasteiger partial charge in [0.2, 0.25) is 0 Å². The minimum atomic E-state index is -0.517. The minimum absolute atomic E-state index is 0.0811. The summed E-state index contributed by atoms with van der Waals surface area (Å²) in [5.74, 6) is 0.217. The van der Waals surface area contributed by atoms with E-state index in [1.165, 1.54) is 7.11 Å². The monoisotopic (exact) mass is 234 g/mol. The van der Waals surface area contributed by atoms with Crippen LogP contribution in [-0.2, 0) is 16.0 Å². The molecule has 0 saturated heterocycles. The number of carbonyl (C=O) groups excluding carboxylic acids is 1. The SMILES string of the molecule is COC(=O)C1=C(O)CCc2ccc(OC)cc21. The first-order valence-electron chi connectivity index (χ1n) is 5.35. The molecule has 0 aromatic heterocycles. The molecule has 1 aliphatic rings. The van der Waals surface area contributed by atoms with Gasteiger partial charge in [0, 0.05) is 6.42 Å². The van der Waals surface area contributed by atoms with Gasteiger partial charge < -0.3 is 14.6 Å². The van der Waals surface area contributed by atoms with E-state index in [0.717, 1.165) is 5.56 Å². The van der Waals surface area contributed by atoms with Crippen molar-refractivity contribution < 1.29 is 19.4 Å². The number of rotatable bonds is 2. The second kappa shape index (κ2) is 4.49. The molecule has 0 heterocycles. The Bertz CT molecular complexity index is 488. The van der Waals surface area contributed by atoms with Crippen LogP contribution >= 0.6 is 0 Å². The lowest BCUT2D eigenvalue weighted by molar-refractivity contribution is -0.133. The number of allylic oxidation sites excluding steroid dienone is 1. The van der Waals surface area contributed by atoms with Crippen LogP contribution in [0.3, 0.4) is 0 Å². The van der Waals surface area contributed by atoms with E-state index in [1.54, 1.807) is 13.2 Å². The predicted molar refractivity (Wildman–Crippen MR) is 62.9 cm³/mol. The molecule has 17 heavy (non-hydrogen) atoms. The molecule has 1 aromatic carbocycles. The molecule has 0 bridgehead atoms. The van der Waals surface area contributed by atoms with Gasteiger partial charge in [0.1, 0.15) is 17.1 Å². The third-order valence-electron chi connectivity index (χ3n) is 2.90. The molecule has 90 valence electrons. The van der Waals surface area contributed by atoms with Gasteiger partial charge in [0.25, 0.3) is 0 Å². The number of esters is 1. The number of aliphatic hydroxyl groups excluding tert-OH is 1. The van der Waals surface area contributed by atoms with Gasteiger partial charge in [0.15, 0.2) is 0 Å². The van der Waals surface area contributed by atoms with Gasteiger partial charge in [-0.05, 0) is 29.7 Å². The fraction of sp³-hybridized carbons (Fsp3) is 0.308. The zero-order valence-corrected chi connectivity index (χ0v) is 9.82. The molecule has 0 spiro atoms. The molecule has 0 saturated carbocycles. The molecule has 1 aromatic rings. The Kier molecular flexibility index (Phi) is 3.04. The van der Waals surface area contributed by atoms with Gasteiger partial charge in [-0.25, -0.2) is 4.79 Å². The maximum absolute atomic E-state index is 11.7. The molecule has 0 unspecified atom stereocenters. The van der Waals surface area contributed by atoms with Crippen molar-refractivity contribution in [1.29, 1.82) is 0 Å². The number of methoxy groups -OCH3 is 2. The zero-order chi connectivity index (χ0) is 12.4. The van der Waals surface area contributed by atoms with Gasteiger partial charge in [-0.2, -0.15) is 0 Å². The van der Waals surface area contributed by atoms with Crippen LogP contribution < -0.4 is 4.74 Å². The zero-order valence-electron chi connectivity index (χ0n) is 9.82. The summed E-state index contributed by atoms with van der Waals surface area (Å²) < 4.78 is 9.81. The first-order valence-corrected chi connectivity index (χ1v) is 5.35. The van der Waals surface area contributed by atoms with E-state index in [1.807, 2.05) is 12.1 Å². The Hall–Kier alpha value is -1.97. The summed E-state index contributed by atoms with van der Waals surface area (Å²) >= 11 is 0. The van der Waals surface area contributed by atoms with Gasteiger partial charge in [-0.3, -0.25) is 0 Å². The Morgan fingerprint density at radius 1 is 1.29 bits per heavy atom. The fourth-order valence-corrected chi connectivity index (χ4v) is 2.00. The van der Waals surface area contributed by atoms with Crippen LogP contribution in [0, 0.1) is 0 Å². The number of ether oxygens (including phenoxy) is 2. The molecule has 0 fully saturated rings. The maximum atomic E-state index is 11.7. The normalized spacial score (nSPS) is 14.2. The van der Waals surface area contributed by atoms with Crippen molar-refractivity contribution in [3.05, 3.63) is 35.1 Å². The van der Waals surface area contributed by atoms with Crippen molar-refractivity contribution >= 4 is 11.5 Å². The number of benzene rings is 1. The summed E-state index contributed by atoms with van der Waals surface area (Å²) in [5, 5.41) is 9.82. The number of carbonyl (C=O) groups is 1. The third kappa shape index (κ3) is 1.98. The third-order valence-corrected chi connectivity index (χ3v) is 2.90. The van der Waals surface area contributed by atoms with Crippen molar-refractivity contribution in [3.8, 4) is 5.75 Å². The highest BCUT2D eigenvalue weighted by Gasteiger charge is 2.25. The average Bonchev–Trinajstić information content (AvgIpc) is 2.37. The second-order valence-electron chi connectivity index (χ2n) is 3.84. The highest BCUT2D eigenvalue weighted by Crippen LogP contribution is 2.33. The summed E-state index contributed by atoms with van der Waals surface area (Å²) in [5.41, 5.74) is 1.96. The summed E-state index contributed by atoms with van der Waals surface area (Å²) in [6, 6.07) is 5.50. The van der Waals surface area contributed by atoms with Gasteiger partial charge in [0.05, 0.1) is 14.2 Å². The number of hydrogen-bond donors (Lipinski definition) is 1. The first kappa shape index (κ1) is 11.5. The van der Waals surface area contributed by atoms with Crippen LogP contribution in [0.4, 0.5) is 0 Å². The predicted octanol–water partition coefficient (Wildman–Crippen LogP) is 2.08. The van der Waals surface area contributed by atoms with E-state index in [2.05, 4.69) is 0 Å². The first-order chi connectivity index (χ1) is 8.17. The Labute approximate surface area is 99.5 Å². The molecule has 2 rings (SSSR count). The topological polar surface area (TPSA) is 55.8 Å². The van der Waals surface area contributed by atoms with Crippen LogP contribution in [0.15, 0.2) is 24.0 Å². The average molecular weight is 234 g/mol. The lowest BCUT2D eigenvalue weighted by Gasteiger charge is -2.19. The molecule has 1 N–H and O–H groups in total. The van der Waals surface area contributed by atoms with Crippen molar-refractivity contribution in [2.75, 3.05) is 14.2 Å². The van der Waals surface area contributed by atoms with Crippen LogP contribution in [0.1, 0.15) is 17.5 Å². The van der Waals surface area contributed by atoms with Gasteiger partial charge >= 0.3 is 5.97 Å². The van der Waals surface area contributed by atoms with E-state index in [9.17, 15) is 9.90 Å².